The Balaban J connectivity index is 1.39. The van der Waals surface area contributed by atoms with Crippen molar-refractivity contribution < 1.29 is 9.53 Å². The normalized spacial score (nSPS) is 17.3. The van der Waals surface area contributed by atoms with Crippen LogP contribution in [-0.4, -0.2) is 28.9 Å². The molecule has 0 spiro atoms. The van der Waals surface area contributed by atoms with Gasteiger partial charge < -0.3 is 9.64 Å². The molecule has 0 unspecified atom stereocenters. The minimum atomic E-state index is 0.116. The SMILES string of the molecule is O=C(c1ccc(Oc2nccs2)cc1)N1CCC(=C2CC2)CC1. The summed E-state index contributed by atoms with van der Waals surface area (Å²) >= 11 is 1.45. The molecule has 0 N–H and O–H groups in total. The number of carbonyl (C=O) groups excluding carboxylic acids is 1. The lowest BCUT2D eigenvalue weighted by Gasteiger charge is -2.28. The van der Waals surface area contributed by atoms with Gasteiger partial charge in [0.1, 0.15) is 5.75 Å². The number of carbonyl (C=O) groups is 1. The van der Waals surface area contributed by atoms with E-state index in [-0.39, 0.29) is 5.91 Å². The van der Waals surface area contributed by atoms with Gasteiger partial charge >= 0.3 is 0 Å². The molecule has 4 rings (SSSR count). The largest absolute Gasteiger partial charge is 0.431 e. The number of amides is 1. The summed E-state index contributed by atoms with van der Waals surface area (Å²) in [5, 5.41) is 2.48. The van der Waals surface area contributed by atoms with Crippen LogP contribution in [0.2, 0.25) is 0 Å². The van der Waals surface area contributed by atoms with Crippen molar-refractivity contribution in [1.82, 2.24) is 9.88 Å². The van der Waals surface area contributed by atoms with Gasteiger partial charge in [-0.1, -0.05) is 22.5 Å². The molecule has 1 saturated heterocycles. The average Bonchev–Trinajstić information content (AvgIpc) is 3.33. The van der Waals surface area contributed by atoms with Crippen molar-refractivity contribution in [2.45, 2.75) is 25.7 Å². The number of hydrogen-bond acceptors (Lipinski definition) is 4. The topological polar surface area (TPSA) is 42.4 Å². The zero-order valence-corrected chi connectivity index (χ0v) is 13.6. The molecule has 4 nitrogen and oxygen atoms in total. The van der Waals surface area contributed by atoms with Crippen LogP contribution in [0.25, 0.3) is 0 Å². The highest BCUT2D eigenvalue weighted by atomic mass is 32.1. The second-order valence-electron chi connectivity index (χ2n) is 5.92. The maximum Gasteiger partial charge on any atom is 0.278 e. The van der Waals surface area contributed by atoms with Crippen LogP contribution >= 0.6 is 11.3 Å². The van der Waals surface area contributed by atoms with Crippen LogP contribution in [0.5, 0.6) is 10.9 Å². The van der Waals surface area contributed by atoms with Gasteiger partial charge in [-0.15, -0.1) is 0 Å². The fraction of sp³-hybridized carbons (Fsp3) is 0.333. The standard InChI is InChI=1S/C18H18N2O2S/c21-17(20-10-7-14(8-11-20)13-1-2-13)15-3-5-16(6-4-15)22-18-19-9-12-23-18/h3-6,9,12H,1-2,7-8,10-11H2. The Hall–Kier alpha value is -2.14. The van der Waals surface area contributed by atoms with E-state index in [0.29, 0.717) is 10.9 Å². The molecular weight excluding hydrogens is 308 g/mol. The maximum atomic E-state index is 12.6. The van der Waals surface area contributed by atoms with Crippen molar-refractivity contribution in [3.05, 3.63) is 52.6 Å². The lowest BCUT2D eigenvalue weighted by atomic mass is 10.0. The van der Waals surface area contributed by atoms with E-state index in [4.69, 9.17) is 4.74 Å². The molecule has 0 radical (unpaired) electrons. The van der Waals surface area contributed by atoms with E-state index >= 15 is 0 Å². The van der Waals surface area contributed by atoms with Crippen LogP contribution in [0, 0.1) is 0 Å². The molecule has 23 heavy (non-hydrogen) atoms. The number of allylic oxidation sites excluding steroid dienone is 1. The Morgan fingerprint density at radius 2 is 1.74 bits per heavy atom. The molecule has 1 aromatic carbocycles. The molecule has 0 bridgehead atoms. The van der Waals surface area contributed by atoms with E-state index in [1.165, 1.54) is 24.2 Å². The minimum Gasteiger partial charge on any atom is -0.431 e. The Labute approximate surface area is 139 Å². The molecule has 1 saturated carbocycles. The first kappa shape index (κ1) is 14.5. The van der Waals surface area contributed by atoms with Gasteiger partial charge in [-0.3, -0.25) is 4.79 Å². The van der Waals surface area contributed by atoms with Crippen molar-refractivity contribution in [2.75, 3.05) is 13.1 Å². The van der Waals surface area contributed by atoms with Crippen LogP contribution in [0.15, 0.2) is 47.0 Å². The molecule has 1 amide bonds. The van der Waals surface area contributed by atoms with Crippen molar-refractivity contribution in [1.29, 1.82) is 0 Å². The van der Waals surface area contributed by atoms with Crippen LogP contribution in [-0.2, 0) is 0 Å². The first-order valence-corrected chi connectivity index (χ1v) is 8.84. The molecule has 0 atom stereocenters. The highest BCUT2D eigenvalue weighted by Crippen LogP contribution is 2.36. The molecule has 118 valence electrons. The third-order valence-electron chi connectivity index (χ3n) is 4.37. The van der Waals surface area contributed by atoms with Gasteiger partial charge in [-0.05, 0) is 49.9 Å². The zero-order valence-electron chi connectivity index (χ0n) is 12.8. The third kappa shape index (κ3) is 3.29. The molecular formula is C18H18N2O2S. The van der Waals surface area contributed by atoms with Gasteiger partial charge in [0.15, 0.2) is 0 Å². The Morgan fingerprint density at radius 1 is 1.04 bits per heavy atom. The van der Waals surface area contributed by atoms with Crippen molar-refractivity contribution in [3.8, 4) is 10.9 Å². The lowest BCUT2D eigenvalue weighted by molar-refractivity contribution is 0.0743. The summed E-state index contributed by atoms with van der Waals surface area (Å²) < 4.78 is 5.62. The van der Waals surface area contributed by atoms with Crippen LogP contribution < -0.4 is 4.74 Å². The van der Waals surface area contributed by atoms with Gasteiger partial charge in [0.2, 0.25) is 0 Å². The van der Waals surface area contributed by atoms with E-state index in [9.17, 15) is 4.79 Å². The monoisotopic (exact) mass is 326 g/mol. The number of hydrogen-bond donors (Lipinski definition) is 0. The summed E-state index contributed by atoms with van der Waals surface area (Å²) in [6.07, 6.45) is 6.37. The number of thiazole rings is 1. The molecule has 1 aliphatic carbocycles. The number of piperidine rings is 1. The van der Waals surface area contributed by atoms with E-state index < -0.39 is 0 Å². The van der Waals surface area contributed by atoms with Crippen molar-refractivity contribution in [2.24, 2.45) is 0 Å². The number of likely N-dealkylation sites (tertiary alicyclic amines) is 1. The predicted molar refractivity (Wildman–Crippen MR) is 90.0 cm³/mol. The fourth-order valence-corrected chi connectivity index (χ4v) is 3.46. The van der Waals surface area contributed by atoms with Gasteiger partial charge in [-0.25, -0.2) is 4.98 Å². The first-order chi connectivity index (χ1) is 11.3. The van der Waals surface area contributed by atoms with Gasteiger partial charge in [0, 0.05) is 30.2 Å². The average molecular weight is 326 g/mol. The van der Waals surface area contributed by atoms with E-state index in [1.54, 1.807) is 17.3 Å². The molecule has 1 aromatic heterocycles. The second-order valence-corrected chi connectivity index (χ2v) is 6.78. The van der Waals surface area contributed by atoms with Gasteiger partial charge in [0.05, 0.1) is 0 Å². The Morgan fingerprint density at radius 3 is 2.35 bits per heavy atom. The molecule has 2 heterocycles. The summed E-state index contributed by atoms with van der Waals surface area (Å²) in [5.41, 5.74) is 3.96. The Bertz CT molecular complexity index is 719. The fourth-order valence-electron chi connectivity index (χ4n) is 2.96. The number of aromatic nitrogens is 1. The maximum absolute atomic E-state index is 12.6. The van der Waals surface area contributed by atoms with Crippen LogP contribution in [0.4, 0.5) is 0 Å². The molecule has 5 heteroatoms. The van der Waals surface area contributed by atoms with Crippen molar-refractivity contribution in [3.63, 3.8) is 0 Å². The smallest absolute Gasteiger partial charge is 0.278 e. The molecule has 2 fully saturated rings. The van der Waals surface area contributed by atoms with Gasteiger partial charge in [-0.2, -0.15) is 0 Å². The zero-order chi connectivity index (χ0) is 15.6. The third-order valence-corrected chi connectivity index (χ3v) is 5.02. The quantitative estimate of drug-likeness (QED) is 0.791. The Kier molecular flexibility index (Phi) is 3.87. The summed E-state index contributed by atoms with van der Waals surface area (Å²) in [6.45, 7) is 1.68. The van der Waals surface area contributed by atoms with E-state index in [2.05, 4.69) is 4.98 Å². The molecule has 2 aromatic rings. The minimum absolute atomic E-state index is 0.116. The van der Waals surface area contributed by atoms with Crippen LogP contribution in [0.3, 0.4) is 0 Å². The number of rotatable bonds is 3. The summed E-state index contributed by atoms with van der Waals surface area (Å²) in [6, 6.07) is 7.33. The first-order valence-electron chi connectivity index (χ1n) is 7.96. The second kappa shape index (κ2) is 6.16. The van der Waals surface area contributed by atoms with Gasteiger partial charge in [0.25, 0.3) is 11.1 Å². The highest BCUT2D eigenvalue weighted by Gasteiger charge is 2.24. The summed E-state index contributed by atoms with van der Waals surface area (Å²) in [4.78, 5) is 18.6. The number of benzene rings is 1. The number of nitrogens with zero attached hydrogens (tertiary/aromatic N) is 2. The lowest BCUT2D eigenvalue weighted by Crippen LogP contribution is -2.36. The van der Waals surface area contributed by atoms with Crippen LogP contribution in [0.1, 0.15) is 36.0 Å². The van der Waals surface area contributed by atoms with Crippen molar-refractivity contribution >= 4 is 17.2 Å². The molecule has 1 aliphatic heterocycles. The van der Waals surface area contributed by atoms with E-state index in [0.717, 1.165) is 31.5 Å². The number of ether oxygens (including phenoxy) is 1. The summed E-state index contributed by atoms with van der Waals surface area (Å²) in [5.74, 6) is 0.821. The highest BCUT2D eigenvalue weighted by molar-refractivity contribution is 7.11. The predicted octanol–water partition coefficient (Wildman–Crippen LogP) is 4.26. The van der Waals surface area contributed by atoms with E-state index in [1.807, 2.05) is 34.5 Å². The molecule has 2 aliphatic rings. The summed E-state index contributed by atoms with van der Waals surface area (Å²) in [7, 11) is 0.